The van der Waals surface area contributed by atoms with Gasteiger partial charge in [0.25, 0.3) is 0 Å². The van der Waals surface area contributed by atoms with Crippen LogP contribution >= 0.6 is 0 Å². The van der Waals surface area contributed by atoms with Crippen molar-refractivity contribution in [3.8, 4) is 5.88 Å². The molecule has 0 bridgehead atoms. The first-order chi connectivity index (χ1) is 7.63. The fourth-order valence-corrected chi connectivity index (χ4v) is 2.20. The lowest BCUT2D eigenvalue weighted by Crippen LogP contribution is -2.20. The second kappa shape index (κ2) is 4.69. The number of hydrogen-bond acceptors (Lipinski definition) is 2. The van der Waals surface area contributed by atoms with E-state index in [2.05, 4.69) is 31.0 Å². The van der Waals surface area contributed by atoms with Crippen molar-refractivity contribution in [1.29, 1.82) is 0 Å². The Bertz CT molecular complexity index is 389. The SMILES string of the molecule is CC1=CCC[C@H](Oc2cc(C)cc(C)n2)C1. The number of pyridine rings is 1. The predicted octanol–water partition coefficient (Wildman–Crippen LogP) is 3.58. The number of hydrogen-bond donors (Lipinski definition) is 0. The van der Waals surface area contributed by atoms with E-state index < -0.39 is 0 Å². The second-order valence-corrected chi connectivity index (χ2v) is 4.70. The first kappa shape index (κ1) is 11.2. The maximum absolute atomic E-state index is 5.94. The summed E-state index contributed by atoms with van der Waals surface area (Å²) in [5.41, 5.74) is 3.67. The van der Waals surface area contributed by atoms with E-state index in [1.54, 1.807) is 0 Å². The molecule has 0 N–H and O–H groups in total. The monoisotopic (exact) mass is 217 g/mol. The molecule has 1 aromatic heterocycles. The first-order valence-corrected chi connectivity index (χ1v) is 5.91. The Balaban J connectivity index is 2.06. The van der Waals surface area contributed by atoms with Gasteiger partial charge in [0.2, 0.25) is 5.88 Å². The zero-order chi connectivity index (χ0) is 11.5. The lowest BCUT2D eigenvalue weighted by Gasteiger charge is -2.22. The van der Waals surface area contributed by atoms with E-state index in [0.29, 0.717) is 6.10 Å². The summed E-state index contributed by atoms with van der Waals surface area (Å²) in [5, 5.41) is 0. The van der Waals surface area contributed by atoms with E-state index in [0.717, 1.165) is 30.8 Å². The predicted molar refractivity (Wildman–Crippen MR) is 65.7 cm³/mol. The third-order valence-corrected chi connectivity index (χ3v) is 2.89. The van der Waals surface area contributed by atoms with E-state index in [-0.39, 0.29) is 0 Å². The lowest BCUT2D eigenvalue weighted by molar-refractivity contribution is 0.179. The number of aromatic nitrogens is 1. The van der Waals surface area contributed by atoms with Crippen molar-refractivity contribution in [2.24, 2.45) is 0 Å². The number of allylic oxidation sites excluding steroid dienone is 1. The number of nitrogens with zero attached hydrogens (tertiary/aromatic N) is 1. The van der Waals surface area contributed by atoms with Gasteiger partial charge in [-0.3, -0.25) is 0 Å². The smallest absolute Gasteiger partial charge is 0.213 e. The van der Waals surface area contributed by atoms with Crippen LogP contribution in [0.25, 0.3) is 0 Å². The van der Waals surface area contributed by atoms with Crippen molar-refractivity contribution < 1.29 is 4.74 Å². The Morgan fingerprint density at radius 1 is 1.25 bits per heavy atom. The van der Waals surface area contributed by atoms with Crippen LogP contribution in [0.3, 0.4) is 0 Å². The molecule has 0 unspecified atom stereocenters. The summed E-state index contributed by atoms with van der Waals surface area (Å²) in [4.78, 5) is 4.41. The average Bonchev–Trinajstić information content (AvgIpc) is 2.15. The molecule has 1 heterocycles. The van der Waals surface area contributed by atoms with Gasteiger partial charge in [-0.1, -0.05) is 11.6 Å². The lowest BCUT2D eigenvalue weighted by atomic mass is 9.98. The van der Waals surface area contributed by atoms with Crippen molar-refractivity contribution in [1.82, 2.24) is 4.98 Å². The molecule has 2 rings (SSSR count). The Morgan fingerprint density at radius 2 is 2.06 bits per heavy atom. The van der Waals surface area contributed by atoms with Crippen LogP contribution in [0, 0.1) is 13.8 Å². The van der Waals surface area contributed by atoms with Gasteiger partial charge in [0.05, 0.1) is 0 Å². The molecule has 86 valence electrons. The highest BCUT2D eigenvalue weighted by Crippen LogP contribution is 2.23. The van der Waals surface area contributed by atoms with Crippen LogP contribution in [0.2, 0.25) is 0 Å². The van der Waals surface area contributed by atoms with Crippen LogP contribution in [-0.2, 0) is 0 Å². The molecule has 2 nitrogen and oxygen atoms in total. The van der Waals surface area contributed by atoms with Gasteiger partial charge in [-0.25, -0.2) is 4.98 Å². The molecule has 0 spiro atoms. The summed E-state index contributed by atoms with van der Waals surface area (Å²) in [6.07, 6.45) is 5.87. The van der Waals surface area contributed by atoms with Crippen molar-refractivity contribution in [2.75, 3.05) is 0 Å². The minimum Gasteiger partial charge on any atom is -0.474 e. The molecule has 0 fully saturated rings. The van der Waals surface area contributed by atoms with Crippen molar-refractivity contribution >= 4 is 0 Å². The summed E-state index contributed by atoms with van der Waals surface area (Å²) in [7, 11) is 0. The normalized spacial score (nSPS) is 20.4. The van der Waals surface area contributed by atoms with E-state index >= 15 is 0 Å². The van der Waals surface area contributed by atoms with Crippen LogP contribution in [0.1, 0.15) is 37.4 Å². The van der Waals surface area contributed by atoms with Gasteiger partial charge < -0.3 is 4.74 Å². The second-order valence-electron chi connectivity index (χ2n) is 4.70. The summed E-state index contributed by atoms with van der Waals surface area (Å²) < 4.78 is 5.94. The fraction of sp³-hybridized carbons (Fsp3) is 0.500. The highest BCUT2D eigenvalue weighted by molar-refractivity contribution is 5.23. The highest BCUT2D eigenvalue weighted by atomic mass is 16.5. The molecular formula is C14H19NO. The van der Waals surface area contributed by atoms with E-state index in [1.807, 2.05) is 13.0 Å². The molecule has 2 heteroatoms. The summed E-state index contributed by atoms with van der Waals surface area (Å²) in [6.45, 7) is 6.25. The Hall–Kier alpha value is -1.31. The molecule has 1 aliphatic rings. The topological polar surface area (TPSA) is 22.1 Å². The maximum Gasteiger partial charge on any atom is 0.213 e. The Morgan fingerprint density at radius 3 is 2.75 bits per heavy atom. The third kappa shape index (κ3) is 2.84. The van der Waals surface area contributed by atoms with Gasteiger partial charge in [0.1, 0.15) is 6.10 Å². The Kier molecular flexibility index (Phi) is 3.28. The molecular weight excluding hydrogens is 198 g/mol. The van der Waals surface area contributed by atoms with Gasteiger partial charge in [-0.2, -0.15) is 0 Å². The average molecular weight is 217 g/mol. The van der Waals surface area contributed by atoms with Crippen molar-refractivity contribution in [3.63, 3.8) is 0 Å². The molecule has 1 aromatic rings. The molecule has 0 saturated heterocycles. The molecule has 0 aromatic carbocycles. The van der Waals surface area contributed by atoms with E-state index in [4.69, 9.17) is 4.74 Å². The number of ether oxygens (including phenoxy) is 1. The van der Waals surface area contributed by atoms with Crippen molar-refractivity contribution in [3.05, 3.63) is 35.0 Å². The quantitative estimate of drug-likeness (QED) is 0.706. The standard InChI is InChI=1S/C14H19NO/c1-10-5-4-6-13(8-10)16-14-9-11(2)7-12(3)15-14/h5,7,9,13H,4,6,8H2,1-3H3/t13-/m0/s1. The van der Waals surface area contributed by atoms with E-state index in [9.17, 15) is 0 Å². The molecule has 16 heavy (non-hydrogen) atoms. The van der Waals surface area contributed by atoms with Crippen LogP contribution in [0.5, 0.6) is 5.88 Å². The minimum atomic E-state index is 0.304. The minimum absolute atomic E-state index is 0.304. The van der Waals surface area contributed by atoms with Gasteiger partial charge >= 0.3 is 0 Å². The van der Waals surface area contributed by atoms with Gasteiger partial charge in [-0.15, -0.1) is 0 Å². The van der Waals surface area contributed by atoms with Crippen LogP contribution in [0.15, 0.2) is 23.8 Å². The highest BCUT2D eigenvalue weighted by Gasteiger charge is 2.15. The molecule has 0 amide bonds. The fourth-order valence-electron chi connectivity index (χ4n) is 2.20. The van der Waals surface area contributed by atoms with Gasteiger partial charge in [-0.05, 0) is 45.2 Å². The molecule has 1 aliphatic carbocycles. The number of rotatable bonds is 2. The maximum atomic E-state index is 5.94. The molecule has 1 atom stereocenters. The molecule has 0 radical (unpaired) electrons. The van der Waals surface area contributed by atoms with E-state index in [1.165, 1.54) is 11.1 Å². The first-order valence-electron chi connectivity index (χ1n) is 5.91. The Labute approximate surface area is 97.4 Å². The molecule has 0 saturated carbocycles. The zero-order valence-corrected chi connectivity index (χ0v) is 10.3. The van der Waals surface area contributed by atoms with Crippen molar-refractivity contribution in [2.45, 2.75) is 46.1 Å². The third-order valence-electron chi connectivity index (χ3n) is 2.89. The largest absolute Gasteiger partial charge is 0.474 e. The summed E-state index contributed by atoms with van der Waals surface area (Å²) in [6, 6.07) is 4.08. The van der Waals surface area contributed by atoms with Gasteiger partial charge in [0, 0.05) is 18.2 Å². The van der Waals surface area contributed by atoms with Gasteiger partial charge in [0.15, 0.2) is 0 Å². The summed E-state index contributed by atoms with van der Waals surface area (Å²) in [5.74, 6) is 0.775. The van der Waals surface area contributed by atoms with Crippen LogP contribution in [0.4, 0.5) is 0 Å². The number of aryl methyl sites for hydroxylation is 2. The zero-order valence-electron chi connectivity index (χ0n) is 10.3. The van der Waals surface area contributed by atoms with Crippen LogP contribution < -0.4 is 4.74 Å². The summed E-state index contributed by atoms with van der Waals surface area (Å²) >= 11 is 0. The van der Waals surface area contributed by atoms with Crippen LogP contribution in [-0.4, -0.2) is 11.1 Å². The molecule has 0 aliphatic heterocycles.